The molecule has 0 atom stereocenters. The molecular weight excluding hydrogens is 364 g/mol. The highest BCUT2D eigenvalue weighted by Gasteiger charge is 2.25. The molecule has 0 unspecified atom stereocenters. The average molecular weight is 384 g/mol. The predicted octanol–water partition coefficient (Wildman–Crippen LogP) is 2.76. The molecule has 3 rings (SSSR count). The zero-order valence-corrected chi connectivity index (χ0v) is 15.8. The van der Waals surface area contributed by atoms with Crippen LogP contribution in [0.15, 0.2) is 59.8 Å². The van der Waals surface area contributed by atoms with Crippen LogP contribution < -0.4 is 10.0 Å². The monoisotopic (exact) mass is 384 g/mol. The number of nitrogens with zero attached hydrogens (tertiary/aromatic N) is 1. The van der Waals surface area contributed by atoms with Crippen LogP contribution in [0, 0.1) is 13.8 Å². The predicted molar refractivity (Wildman–Crippen MR) is 103 cm³/mol. The summed E-state index contributed by atoms with van der Waals surface area (Å²) >= 11 is 0. The molecule has 0 aliphatic rings. The molecule has 0 aliphatic carbocycles. The van der Waals surface area contributed by atoms with Crippen LogP contribution in [0.25, 0.3) is 0 Å². The summed E-state index contributed by atoms with van der Waals surface area (Å²) in [6.07, 6.45) is 1.20. The number of sulfonamides is 1. The molecule has 0 bridgehead atoms. The molecule has 8 heteroatoms. The van der Waals surface area contributed by atoms with E-state index in [-0.39, 0.29) is 17.1 Å². The first-order valence-electron chi connectivity index (χ1n) is 8.32. The fraction of sp³-hybridized carbons (Fsp3) is 0.158. The van der Waals surface area contributed by atoms with Gasteiger partial charge < -0.3 is 5.32 Å². The SMILES string of the molecule is Cc1ccc(CNC(=O)c2cn[nH]c2S(=O)(=O)Nc2ccc(C)cc2)cc1. The molecule has 1 amide bonds. The van der Waals surface area contributed by atoms with Gasteiger partial charge in [0.25, 0.3) is 15.9 Å². The van der Waals surface area contributed by atoms with E-state index in [4.69, 9.17) is 0 Å². The number of carbonyl (C=O) groups excluding carboxylic acids is 1. The number of hydrogen-bond donors (Lipinski definition) is 3. The third-order valence-electron chi connectivity index (χ3n) is 4.00. The van der Waals surface area contributed by atoms with E-state index >= 15 is 0 Å². The van der Waals surface area contributed by atoms with Crippen molar-refractivity contribution in [1.29, 1.82) is 0 Å². The summed E-state index contributed by atoms with van der Waals surface area (Å²) in [4.78, 5) is 12.4. The molecule has 0 saturated heterocycles. The van der Waals surface area contributed by atoms with Gasteiger partial charge in [0.1, 0.15) is 0 Å². The van der Waals surface area contributed by atoms with Gasteiger partial charge in [0, 0.05) is 12.2 Å². The van der Waals surface area contributed by atoms with Crippen molar-refractivity contribution in [3.8, 4) is 0 Å². The first kappa shape index (κ1) is 18.7. The van der Waals surface area contributed by atoms with Crippen molar-refractivity contribution in [3.05, 3.63) is 77.0 Å². The number of aromatic amines is 1. The Hall–Kier alpha value is -3.13. The lowest BCUT2D eigenvalue weighted by Crippen LogP contribution is -2.25. The molecule has 1 heterocycles. The van der Waals surface area contributed by atoms with E-state index in [1.807, 2.05) is 38.1 Å². The van der Waals surface area contributed by atoms with Crippen molar-refractivity contribution in [1.82, 2.24) is 15.5 Å². The van der Waals surface area contributed by atoms with Crippen LogP contribution in [0.5, 0.6) is 0 Å². The summed E-state index contributed by atoms with van der Waals surface area (Å²) < 4.78 is 27.7. The molecule has 0 radical (unpaired) electrons. The third-order valence-corrected chi connectivity index (χ3v) is 5.35. The summed E-state index contributed by atoms with van der Waals surface area (Å²) in [5.41, 5.74) is 3.41. The van der Waals surface area contributed by atoms with Crippen molar-refractivity contribution >= 4 is 21.6 Å². The Kier molecular flexibility index (Phi) is 5.27. The molecule has 27 heavy (non-hydrogen) atoms. The van der Waals surface area contributed by atoms with E-state index in [0.29, 0.717) is 5.69 Å². The maximum atomic E-state index is 12.6. The van der Waals surface area contributed by atoms with Gasteiger partial charge in [0.15, 0.2) is 5.03 Å². The van der Waals surface area contributed by atoms with Gasteiger partial charge in [-0.15, -0.1) is 0 Å². The van der Waals surface area contributed by atoms with E-state index in [1.54, 1.807) is 24.3 Å². The molecule has 0 saturated carbocycles. The third kappa shape index (κ3) is 4.53. The number of H-pyrrole nitrogens is 1. The van der Waals surface area contributed by atoms with Crippen molar-refractivity contribution in [2.24, 2.45) is 0 Å². The van der Waals surface area contributed by atoms with Gasteiger partial charge in [-0.1, -0.05) is 47.5 Å². The highest BCUT2D eigenvalue weighted by molar-refractivity contribution is 7.92. The topological polar surface area (TPSA) is 104 Å². The Labute approximate surface area is 157 Å². The number of aromatic nitrogens is 2. The van der Waals surface area contributed by atoms with Crippen molar-refractivity contribution < 1.29 is 13.2 Å². The Morgan fingerprint density at radius 1 is 1.00 bits per heavy atom. The highest BCUT2D eigenvalue weighted by atomic mass is 32.2. The summed E-state index contributed by atoms with van der Waals surface area (Å²) in [7, 11) is -3.98. The molecule has 0 spiro atoms. The number of carbonyl (C=O) groups is 1. The zero-order valence-electron chi connectivity index (χ0n) is 15.0. The van der Waals surface area contributed by atoms with Crippen LogP contribution in [0.1, 0.15) is 27.0 Å². The number of anilines is 1. The molecule has 0 fully saturated rings. The number of nitrogens with one attached hydrogen (secondary N) is 3. The molecule has 2 aromatic carbocycles. The summed E-state index contributed by atoms with van der Waals surface area (Å²) in [5, 5.41) is 8.57. The van der Waals surface area contributed by atoms with Gasteiger partial charge in [-0.25, -0.2) is 0 Å². The lowest BCUT2D eigenvalue weighted by atomic mass is 10.1. The summed E-state index contributed by atoms with van der Waals surface area (Å²) in [5.74, 6) is -0.520. The van der Waals surface area contributed by atoms with Crippen LogP contribution in [-0.4, -0.2) is 24.5 Å². The number of benzene rings is 2. The van der Waals surface area contributed by atoms with E-state index in [0.717, 1.165) is 16.7 Å². The number of amides is 1. The minimum atomic E-state index is -3.98. The number of aryl methyl sites for hydroxylation is 2. The van der Waals surface area contributed by atoms with Gasteiger partial charge in [-0.3, -0.25) is 14.6 Å². The van der Waals surface area contributed by atoms with Crippen molar-refractivity contribution in [2.45, 2.75) is 25.4 Å². The zero-order chi connectivity index (χ0) is 19.4. The van der Waals surface area contributed by atoms with Crippen molar-refractivity contribution in [2.75, 3.05) is 4.72 Å². The molecule has 3 aromatic rings. The standard InChI is InChI=1S/C19H20N4O3S/c1-13-3-7-15(8-4-13)11-20-18(24)17-12-21-22-19(17)27(25,26)23-16-9-5-14(2)6-10-16/h3-10,12,23H,11H2,1-2H3,(H,20,24)(H,21,22). The van der Waals surface area contributed by atoms with Crippen LogP contribution in [-0.2, 0) is 16.6 Å². The lowest BCUT2D eigenvalue weighted by molar-refractivity contribution is 0.0947. The van der Waals surface area contributed by atoms with Gasteiger partial charge in [0.2, 0.25) is 0 Å². The highest BCUT2D eigenvalue weighted by Crippen LogP contribution is 2.18. The van der Waals surface area contributed by atoms with Crippen LogP contribution >= 0.6 is 0 Å². The smallest absolute Gasteiger partial charge is 0.279 e. The Morgan fingerprint density at radius 3 is 2.22 bits per heavy atom. The maximum Gasteiger partial charge on any atom is 0.279 e. The van der Waals surface area contributed by atoms with Crippen LogP contribution in [0.3, 0.4) is 0 Å². The Morgan fingerprint density at radius 2 is 1.59 bits per heavy atom. The first-order chi connectivity index (χ1) is 12.8. The first-order valence-corrected chi connectivity index (χ1v) is 9.80. The molecule has 1 aromatic heterocycles. The van der Waals surface area contributed by atoms with E-state index in [2.05, 4.69) is 20.2 Å². The normalized spacial score (nSPS) is 11.2. The van der Waals surface area contributed by atoms with Crippen molar-refractivity contribution in [3.63, 3.8) is 0 Å². The van der Waals surface area contributed by atoms with Gasteiger partial charge in [-0.05, 0) is 31.5 Å². The molecule has 7 nitrogen and oxygen atoms in total. The quantitative estimate of drug-likeness (QED) is 0.608. The second-order valence-corrected chi connectivity index (χ2v) is 7.87. The molecule has 0 aliphatic heterocycles. The second kappa shape index (κ2) is 7.63. The van der Waals surface area contributed by atoms with E-state index < -0.39 is 15.9 Å². The van der Waals surface area contributed by atoms with Crippen LogP contribution in [0.4, 0.5) is 5.69 Å². The van der Waals surface area contributed by atoms with Gasteiger partial charge in [-0.2, -0.15) is 13.5 Å². The maximum absolute atomic E-state index is 12.6. The fourth-order valence-electron chi connectivity index (χ4n) is 2.45. The minimum Gasteiger partial charge on any atom is -0.348 e. The largest absolute Gasteiger partial charge is 0.348 e. The van der Waals surface area contributed by atoms with E-state index in [9.17, 15) is 13.2 Å². The second-order valence-electron chi connectivity index (χ2n) is 6.25. The Bertz CT molecular complexity index is 1040. The molecule has 3 N–H and O–H groups in total. The minimum absolute atomic E-state index is 0.0401. The molecular formula is C19H20N4O3S. The lowest BCUT2D eigenvalue weighted by Gasteiger charge is -2.09. The van der Waals surface area contributed by atoms with Crippen LogP contribution in [0.2, 0.25) is 0 Å². The average Bonchev–Trinajstić information content (AvgIpc) is 3.14. The summed E-state index contributed by atoms with van der Waals surface area (Å²) in [6.45, 7) is 4.17. The number of hydrogen-bond acceptors (Lipinski definition) is 4. The number of rotatable bonds is 6. The fourth-order valence-corrected chi connectivity index (χ4v) is 3.61. The van der Waals surface area contributed by atoms with Gasteiger partial charge >= 0.3 is 0 Å². The molecule has 140 valence electrons. The van der Waals surface area contributed by atoms with Gasteiger partial charge in [0.05, 0.1) is 11.8 Å². The van der Waals surface area contributed by atoms with E-state index in [1.165, 1.54) is 6.20 Å². The summed E-state index contributed by atoms with van der Waals surface area (Å²) in [6, 6.07) is 14.6. The Balaban J connectivity index is 1.74.